The lowest BCUT2D eigenvalue weighted by atomic mass is 10.3. The highest BCUT2D eigenvalue weighted by Gasteiger charge is 2.03. The Morgan fingerprint density at radius 3 is 3.08 bits per heavy atom. The molecule has 0 aliphatic rings. The van der Waals surface area contributed by atoms with Gasteiger partial charge in [-0.15, -0.1) is 0 Å². The highest BCUT2D eigenvalue weighted by atomic mass is 35.5. The molecule has 0 aliphatic heterocycles. The minimum Gasteiger partial charge on any atom is -0.310 e. The maximum Gasteiger partial charge on any atom is 0.252 e. The number of hydrogen-bond acceptors (Lipinski definition) is 2. The lowest BCUT2D eigenvalue weighted by Crippen LogP contribution is -2.15. The van der Waals surface area contributed by atoms with Gasteiger partial charge in [-0.3, -0.25) is 9.78 Å². The zero-order valence-electron chi connectivity index (χ0n) is 6.99. The lowest BCUT2D eigenvalue weighted by molar-refractivity contribution is 0.903. The molecule has 0 atom stereocenters. The SMILES string of the molecule is Cn1c(=O)cc(Cl)c2ncccc21. The third-order valence-electron chi connectivity index (χ3n) is 1.95. The average molecular weight is 195 g/mol. The maximum atomic E-state index is 11.3. The molecule has 0 radical (unpaired) electrons. The largest absolute Gasteiger partial charge is 0.310 e. The Morgan fingerprint density at radius 2 is 2.31 bits per heavy atom. The molecule has 0 amide bonds. The Bertz CT molecular complexity index is 518. The molecule has 2 aromatic heterocycles. The van der Waals surface area contributed by atoms with Crippen molar-refractivity contribution < 1.29 is 0 Å². The monoisotopic (exact) mass is 194 g/mol. The molecule has 2 rings (SSSR count). The molecule has 13 heavy (non-hydrogen) atoms. The number of hydrogen-bond donors (Lipinski definition) is 0. The molecule has 3 nitrogen and oxygen atoms in total. The highest BCUT2D eigenvalue weighted by molar-refractivity contribution is 6.34. The van der Waals surface area contributed by atoms with Crippen LogP contribution >= 0.6 is 11.6 Å². The van der Waals surface area contributed by atoms with Crippen molar-refractivity contribution in [1.29, 1.82) is 0 Å². The first-order chi connectivity index (χ1) is 6.20. The normalized spacial score (nSPS) is 10.6. The van der Waals surface area contributed by atoms with E-state index in [0.29, 0.717) is 10.5 Å². The number of aryl methyl sites for hydroxylation is 1. The highest BCUT2D eigenvalue weighted by Crippen LogP contribution is 2.17. The maximum absolute atomic E-state index is 11.3. The zero-order valence-corrected chi connectivity index (χ0v) is 7.75. The molecular weight excluding hydrogens is 188 g/mol. The van der Waals surface area contributed by atoms with Crippen molar-refractivity contribution in [3.8, 4) is 0 Å². The number of rotatable bonds is 0. The van der Waals surface area contributed by atoms with Crippen LogP contribution in [0.2, 0.25) is 5.02 Å². The van der Waals surface area contributed by atoms with Gasteiger partial charge in [0.05, 0.1) is 10.5 Å². The molecule has 0 saturated heterocycles. The van der Waals surface area contributed by atoms with Gasteiger partial charge in [0.1, 0.15) is 5.52 Å². The van der Waals surface area contributed by atoms with E-state index in [-0.39, 0.29) is 5.56 Å². The summed E-state index contributed by atoms with van der Waals surface area (Å²) in [6.45, 7) is 0. The van der Waals surface area contributed by atoms with Crippen molar-refractivity contribution in [2.45, 2.75) is 0 Å². The van der Waals surface area contributed by atoms with Crippen molar-refractivity contribution in [3.05, 3.63) is 39.8 Å². The Hall–Kier alpha value is -1.35. The second-order valence-corrected chi connectivity index (χ2v) is 3.17. The molecule has 0 spiro atoms. The molecule has 0 aromatic carbocycles. The summed E-state index contributed by atoms with van der Waals surface area (Å²) in [5.74, 6) is 0. The first kappa shape index (κ1) is 8.26. The van der Waals surface area contributed by atoms with Crippen molar-refractivity contribution in [1.82, 2.24) is 9.55 Å². The van der Waals surface area contributed by atoms with Gasteiger partial charge >= 0.3 is 0 Å². The minimum absolute atomic E-state index is 0.120. The Labute approximate surface area is 79.6 Å². The molecule has 2 heterocycles. The van der Waals surface area contributed by atoms with Gasteiger partial charge in [0.2, 0.25) is 0 Å². The van der Waals surface area contributed by atoms with E-state index in [2.05, 4.69) is 4.98 Å². The van der Waals surface area contributed by atoms with E-state index < -0.39 is 0 Å². The van der Waals surface area contributed by atoms with Crippen LogP contribution in [0.25, 0.3) is 11.0 Å². The van der Waals surface area contributed by atoms with Crippen molar-refractivity contribution in [2.24, 2.45) is 7.05 Å². The second-order valence-electron chi connectivity index (χ2n) is 2.76. The average Bonchev–Trinajstić information content (AvgIpc) is 2.15. The van der Waals surface area contributed by atoms with Crippen LogP contribution in [-0.2, 0) is 7.05 Å². The molecule has 0 fully saturated rings. The van der Waals surface area contributed by atoms with E-state index in [9.17, 15) is 4.79 Å². The van der Waals surface area contributed by atoms with E-state index in [1.807, 2.05) is 6.07 Å². The van der Waals surface area contributed by atoms with Gasteiger partial charge in [-0.05, 0) is 12.1 Å². The van der Waals surface area contributed by atoms with Crippen molar-refractivity contribution in [2.75, 3.05) is 0 Å². The topological polar surface area (TPSA) is 34.9 Å². The van der Waals surface area contributed by atoms with Gasteiger partial charge in [-0.25, -0.2) is 0 Å². The number of nitrogens with zero attached hydrogens (tertiary/aromatic N) is 2. The third kappa shape index (κ3) is 1.21. The molecule has 4 heteroatoms. The van der Waals surface area contributed by atoms with Crippen molar-refractivity contribution >= 4 is 22.6 Å². The van der Waals surface area contributed by atoms with Gasteiger partial charge in [-0.2, -0.15) is 0 Å². The lowest BCUT2D eigenvalue weighted by Gasteiger charge is -2.03. The molecule has 66 valence electrons. The summed E-state index contributed by atoms with van der Waals surface area (Å²) in [4.78, 5) is 15.4. The summed E-state index contributed by atoms with van der Waals surface area (Å²) in [6.07, 6.45) is 1.65. The summed E-state index contributed by atoms with van der Waals surface area (Å²) in [6, 6.07) is 4.96. The van der Waals surface area contributed by atoms with Gasteiger partial charge in [0, 0.05) is 19.3 Å². The Balaban J connectivity index is 3.06. The van der Waals surface area contributed by atoms with Gasteiger partial charge < -0.3 is 4.57 Å². The summed E-state index contributed by atoms with van der Waals surface area (Å²) < 4.78 is 1.52. The van der Waals surface area contributed by atoms with Crippen LogP contribution in [-0.4, -0.2) is 9.55 Å². The van der Waals surface area contributed by atoms with Crippen LogP contribution in [0, 0.1) is 0 Å². The molecule has 0 saturated carbocycles. The number of halogens is 1. The first-order valence-corrected chi connectivity index (χ1v) is 4.18. The molecule has 0 N–H and O–H groups in total. The fraction of sp³-hybridized carbons (Fsp3) is 0.111. The van der Waals surface area contributed by atoms with Gasteiger partial charge in [0.25, 0.3) is 5.56 Å². The van der Waals surface area contributed by atoms with Crippen molar-refractivity contribution in [3.63, 3.8) is 0 Å². The van der Waals surface area contributed by atoms with E-state index in [1.54, 1.807) is 19.3 Å². The Kier molecular flexibility index (Phi) is 1.81. The van der Waals surface area contributed by atoms with Crippen LogP contribution < -0.4 is 5.56 Å². The van der Waals surface area contributed by atoms with Crippen LogP contribution in [0.5, 0.6) is 0 Å². The number of fused-ring (bicyclic) bond motifs is 1. The quantitative estimate of drug-likeness (QED) is 0.639. The molecule has 2 aromatic rings. The predicted octanol–water partition coefficient (Wildman–Crippen LogP) is 1.59. The predicted molar refractivity (Wildman–Crippen MR) is 52.0 cm³/mol. The second kappa shape index (κ2) is 2.85. The summed E-state index contributed by atoms with van der Waals surface area (Å²) in [7, 11) is 1.70. The number of pyridine rings is 2. The third-order valence-corrected chi connectivity index (χ3v) is 2.24. The Morgan fingerprint density at radius 1 is 1.54 bits per heavy atom. The standard InChI is InChI=1S/C9H7ClN2O/c1-12-7-3-2-4-11-9(7)6(10)5-8(12)13/h2-5H,1H3. The van der Waals surface area contributed by atoms with Crippen LogP contribution in [0.1, 0.15) is 0 Å². The summed E-state index contributed by atoms with van der Waals surface area (Å²) >= 11 is 5.86. The van der Waals surface area contributed by atoms with Crippen LogP contribution in [0.3, 0.4) is 0 Å². The van der Waals surface area contributed by atoms with E-state index >= 15 is 0 Å². The zero-order chi connectivity index (χ0) is 9.42. The van der Waals surface area contributed by atoms with Gasteiger partial charge in [-0.1, -0.05) is 11.6 Å². The van der Waals surface area contributed by atoms with Gasteiger partial charge in [0.15, 0.2) is 0 Å². The fourth-order valence-corrected chi connectivity index (χ4v) is 1.48. The first-order valence-electron chi connectivity index (χ1n) is 3.80. The molecule has 0 bridgehead atoms. The van der Waals surface area contributed by atoms with E-state index in [4.69, 9.17) is 11.6 Å². The van der Waals surface area contributed by atoms with Crippen LogP contribution in [0.15, 0.2) is 29.2 Å². The summed E-state index contributed by atoms with van der Waals surface area (Å²) in [5.41, 5.74) is 1.29. The molecule has 0 unspecified atom stereocenters. The summed E-state index contributed by atoms with van der Waals surface area (Å²) in [5, 5.41) is 0.402. The molecule has 0 aliphatic carbocycles. The fourth-order valence-electron chi connectivity index (χ4n) is 1.24. The molecular formula is C9H7ClN2O. The smallest absolute Gasteiger partial charge is 0.252 e. The number of aromatic nitrogens is 2. The van der Waals surface area contributed by atoms with E-state index in [1.165, 1.54) is 10.6 Å². The van der Waals surface area contributed by atoms with E-state index in [0.717, 1.165) is 5.52 Å². The minimum atomic E-state index is -0.120. The van der Waals surface area contributed by atoms with Crippen LogP contribution in [0.4, 0.5) is 0 Å².